The molecule has 0 atom stereocenters. The Morgan fingerprint density at radius 1 is 1.06 bits per heavy atom. The minimum absolute atomic E-state index is 0.0722. The molecule has 0 aliphatic heterocycles. The summed E-state index contributed by atoms with van der Waals surface area (Å²) < 4.78 is 8.88. The number of ether oxygens (including phenoxy) is 1. The summed E-state index contributed by atoms with van der Waals surface area (Å²) in [5.74, 6) is 1.03. The first kappa shape index (κ1) is 20.0. The van der Waals surface area contributed by atoms with Gasteiger partial charge in [0.2, 0.25) is 5.88 Å². The van der Waals surface area contributed by atoms with Gasteiger partial charge in [0.05, 0.1) is 5.69 Å². The van der Waals surface area contributed by atoms with Crippen molar-refractivity contribution in [2.45, 2.75) is 13.8 Å². The average molecular weight is 416 g/mol. The van der Waals surface area contributed by atoms with E-state index in [1.807, 2.05) is 19.9 Å². The van der Waals surface area contributed by atoms with Gasteiger partial charge in [-0.3, -0.25) is 9.59 Å². The lowest BCUT2D eigenvalue weighted by Gasteiger charge is -2.09. The van der Waals surface area contributed by atoms with Gasteiger partial charge >= 0.3 is 0 Å². The van der Waals surface area contributed by atoms with Crippen molar-refractivity contribution in [1.29, 1.82) is 0 Å². The predicted octanol–water partition coefficient (Wildman–Crippen LogP) is 3.02. The zero-order chi connectivity index (χ0) is 22.0. The standard InChI is InChI=1S/C22H20N6O3/c1-14-11-15(2)28(26-14)19-12-20(24-13-23-19)31-17-8-6-16(7-9-17)25-21(29)18-5-4-10-27(3)22(18)30/h4-13H,1-3H3,(H,25,29). The van der Waals surface area contributed by atoms with Crippen molar-refractivity contribution in [3.05, 3.63) is 88.4 Å². The third-order valence-corrected chi connectivity index (χ3v) is 4.56. The molecule has 0 radical (unpaired) electrons. The van der Waals surface area contributed by atoms with Crippen LogP contribution in [0.25, 0.3) is 5.82 Å². The Labute approximate surface area is 178 Å². The molecule has 156 valence electrons. The molecular formula is C22H20N6O3. The number of carbonyl (C=O) groups is 1. The van der Waals surface area contributed by atoms with E-state index in [1.54, 1.807) is 54.3 Å². The molecule has 0 saturated carbocycles. The van der Waals surface area contributed by atoms with Gasteiger partial charge in [0, 0.05) is 30.7 Å². The molecule has 31 heavy (non-hydrogen) atoms. The van der Waals surface area contributed by atoms with Crippen LogP contribution < -0.4 is 15.6 Å². The zero-order valence-electron chi connectivity index (χ0n) is 17.2. The van der Waals surface area contributed by atoms with Crippen LogP contribution in [0.3, 0.4) is 0 Å². The number of anilines is 1. The van der Waals surface area contributed by atoms with E-state index >= 15 is 0 Å². The molecule has 0 unspecified atom stereocenters. The van der Waals surface area contributed by atoms with E-state index in [0.717, 1.165) is 11.4 Å². The highest BCUT2D eigenvalue weighted by Gasteiger charge is 2.12. The van der Waals surface area contributed by atoms with Crippen LogP contribution in [0.15, 0.2) is 65.8 Å². The second-order valence-corrected chi connectivity index (χ2v) is 6.97. The zero-order valence-corrected chi connectivity index (χ0v) is 17.2. The summed E-state index contributed by atoms with van der Waals surface area (Å²) in [6.07, 6.45) is 3.01. The van der Waals surface area contributed by atoms with Crippen molar-refractivity contribution in [1.82, 2.24) is 24.3 Å². The summed E-state index contributed by atoms with van der Waals surface area (Å²) in [6, 6.07) is 13.6. The van der Waals surface area contributed by atoms with Gasteiger partial charge in [0.25, 0.3) is 11.5 Å². The Balaban J connectivity index is 1.47. The highest BCUT2D eigenvalue weighted by atomic mass is 16.5. The molecule has 0 aliphatic rings. The Morgan fingerprint density at radius 2 is 1.84 bits per heavy atom. The van der Waals surface area contributed by atoms with E-state index in [-0.39, 0.29) is 11.1 Å². The Kier molecular flexibility index (Phi) is 5.31. The van der Waals surface area contributed by atoms with Gasteiger partial charge in [-0.05, 0) is 56.3 Å². The molecule has 3 heterocycles. The SMILES string of the molecule is Cc1cc(C)n(-c2cc(Oc3ccc(NC(=O)c4cccn(C)c4=O)cc3)ncn2)n1. The van der Waals surface area contributed by atoms with Crippen LogP contribution in [-0.2, 0) is 7.05 Å². The number of pyridine rings is 1. The fourth-order valence-electron chi connectivity index (χ4n) is 3.06. The van der Waals surface area contributed by atoms with Crippen LogP contribution in [0.1, 0.15) is 21.7 Å². The van der Waals surface area contributed by atoms with Crippen molar-refractivity contribution in [3.63, 3.8) is 0 Å². The molecule has 4 rings (SSSR count). The van der Waals surface area contributed by atoms with E-state index in [9.17, 15) is 9.59 Å². The average Bonchev–Trinajstić information content (AvgIpc) is 3.09. The summed E-state index contributed by atoms with van der Waals surface area (Å²) in [4.78, 5) is 32.9. The second kappa shape index (κ2) is 8.23. The predicted molar refractivity (Wildman–Crippen MR) is 115 cm³/mol. The summed E-state index contributed by atoms with van der Waals surface area (Å²) in [5, 5.41) is 7.12. The molecule has 1 amide bonds. The minimum atomic E-state index is -0.472. The molecule has 4 aromatic rings. The van der Waals surface area contributed by atoms with Gasteiger partial charge in [-0.2, -0.15) is 5.10 Å². The first-order valence-electron chi connectivity index (χ1n) is 9.51. The molecule has 0 bridgehead atoms. The van der Waals surface area contributed by atoms with Crippen molar-refractivity contribution >= 4 is 11.6 Å². The summed E-state index contributed by atoms with van der Waals surface area (Å²) >= 11 is 0. The second-order valence-electron chi connectivity index (χ2n) is 6.97. The number of hydrogen-bond acceptors (Lipinski definition) is 6. The first-order chi connectivity index (χ1) is 14.9. The van der Waals surface area contributed by atoms with Gasteiger partial charge in [-0.1, -0.05) is 0 Å². The number of carbonyl (C=O) groups excluding carboxylic acids is 1. The van der Waals surface area contributed by atoms with Crippen molar-refractivity contribution in [2.24, 2.45) is 7.05 Å². The number of aromatic nitrogens is 5. The molecule has 0 saturated heterocycles. The van der Waals surface area contributed by atoms with Gasteiger partial charge in [0.15, 0.2) is 5.82 Å². The topological polar surface area (TPSA) is 104 Å². The first-order valence-corrected chi connectivity index (χ1v) is 9.51. The van der Waals surface area contributed by atoms with Gasteiger partial charge < -0.3 is 14.6 Å². The smallest absolute Gasteiger partial charge is 0.263 e. The van der Waals surface area contributed by atoms with Crippen LogP contribution in [0, 0.1) is 13.8 Å². The van der Waals surface area contributed by atoms with E-state index in [1.165, 1.54) is 17.0 Å². The Hall–Kier alpha value is -4.27. The van der Waals surface area contributed by atoms with Gasteiger partial charge in [-0.25, -0.2) is 14.6 Å². The quantitative estimate of drug-likeness (QED) is 0.536. The molecule has 0 fully saturated rings. The molecule has 9 nitrogen and oxygen atoms in total. The summed E-state index contributed by atoms with van der Waals surface area (Å²) in [5.41, 5.74) is 2.10. The van der Waals surface area contributed by atoms with E-state index in [4.69, 9.17) is 4.74 Å². The normalized spacial score (nSPS) is 10.7. The maximum atomic E-state index is 12.4. The number of benzene rings is 1. The van der Waals surface area contributed by atoms with E-state index in [2.05, 4.69) is 20.4 Å². The number of aryl methyl sites for hydroxylation is 3. The van der Waals surface area contributed by atoms with Crippen molar-refractivity contribution < 1.29 is 9.53 Å². The highest BCUT2D eigenvalue weighted by Crippen LogP contribution is 2.23. The van der Waals surface area contributed by atoms with Crippen molar-refractivity contribution in [2.75, 3.05) is 5.32 Å². The van der Waals surface area contributed by atoms with Crippen molar-refractivity contribution in [3.8, 4) is 17.4 Å². The largest absolute Gasteiger partial charge is 0.439 e. The van der Waals surface area contributed by atoms with Crippen LogP contribution in [0.2, 0.25) is 0 Å². The molecule has 1 aromatic carbocycles. The fourth-order valence-corrected chi connectivity index (χ4v) is 3.06. The molecule has 1 N–H and O–H groups in total. The number of rotatable bonds is 5. The summed E-state index contributed by atoms with van der Waals surface area (Å²) in [6.45, 7) is 3.86. The third-order valence-electron chi connectivity index (χ3n) is 4.56. The van der Waals surface area contributed by atoms with E-state index < -0.39 is 5.91 Å². The maximum Gasteiger partial charge on any atom is 0.263 e. The van der Waals surface area contributed by atoms with Crippen LogP contribution in [0.5, 0.6) is 11.6 Å². The lowest BCUT2D eigenvalue weighted by Crippen LogP contribution is -2.26. The lowest BCUT2D eigenvalue weighted by molar-refractivity contribution is 0.102. The number of amides is 1. The van der Waals surface area contributed by atoms with Crippen LogP contribution in [0.4, 0.5) is 5.69 Å². The Morgan fingerprint density at radius 3 is 2.55 bits per heavy atom. The summed E-state index contributed by atoms with van der Waals surface area (Å²) in [7, 11) is 1.60. The molecule has 0 spiro atoms. The van der Waals surface area contributed by atoms with Crippen LogP contribution in [-0.4, -0.2) is 30.2 Å². The van der Waals surface area contributed by atoms with E-state index in [0.29, 0.717) is 23.1 Å². The minimum Gasteiger partial charge on any atom is -0.439 e. The highest BCUT2D eigenvalue weighted by molar-refractivity contribution is 6.04. The monoisotopic (exact) mass is 416 g/mol. The van der Waals surface area contributed by atoms with Gasteiger partial charge in [0.1, 0.15) is 17.6 Å². The number of nitrogens with one attached hydrogen (secondary N) is 1. The molecule has 0 aliphatic carbocycles. The third kappa shape index (κ3) is 4.35. The molecule has 3 aromatic heterocycles. The molecule has 9 heteroatoms. The lowest BCUT2D eigenvalue weighted by atomic mass is 10.2. The maximum absolute atomic E-state index is 12.4. The van der Waals surface area contributed by atoms with Crippen LogP contribution >= 0.6 is 0 Å². The van der Waals surface area contributed by atoms with Gasteiger partial charge in [-0.15, -0.1) is 0 Å². The fraction of sp³-hybridized carbons (Fsp3) is 0.136. The number of hydrogen-bond donors (Lipinski definition) is 1. The Bertz CT molecular complexity index is 1310. The number of nitrogens with zero attached hydrogens (tertiary/aromatic N) is 5. The molecular weight excluding hydrogens is 396 g/mol.